The van der Waals surface area contributed by atoms with E-state index in [4.69, 9.17) is 10.1 Å². The van der Waals surface area contributed by atoms with Gasteiger partial charge in [-0.25, -0.2) is 14.8 Å². The lowest BCUT2D eigenvalue weighted by molar-refractivity contribution is -0.141. The van der Waals surface area contributed by atoms with E-state index in [0.717, 1.165) is 18.7 Å². The summed E-state index contributed by atoms with van der Waals surface area (Å²) in [6.07, 6.45) is -2.07. The highest BCUT2D eigenvalue weighted by molar-refractivity contribution is 6.07. The molecule has 3 heterocycles. The monoisotopic (exact) mass is 497 g/mol. The Morgan fingerprint density at radius 1 is 1.09 bits per heavy atom. The van der Waals surface area contributed by atoms with E-state index < -0.39 is 23.6 Å². The SMILES string of the molecule is CC(C)(C)OC(=O)N1CCN(C(=O)CN/C=C(\C=N)c2cc(C(F)(F)F)nc(N3CCC3)n2)CC1. The molecule has 0 unspecified atom stereocenters. The van der Waals surface area contributed by atoms with Crippen molar-refractivity contribution in [2.24, 2.45) is 0 Å². The molecule has 3 rings (SSSR count). The Bertz CT molecular complexity index is 979. The molecule has 1 aromatic rings. The van der Waals surface area contributed by atoms with Gasteiger partial charge in [-0.1, -0.05) is 0 Å². The fourth-order valence-electron chi connectivity index (χ4n) is 3.40. The van der Waals surface area contributed by atoms with Crippen molar-refractivity contribution in [1.29, 1.82) is 5.41 Å². The van der Waals surface area contributed by atoms with Crippen molar-refractivity contribution in [3.63, 3.8) is 0 Å². The second kappa shape index (κ2) is 10.5. The van der Waals surface area contributed by atoms with E-state index in [9.17, 15) is 22.8 Å². The number of carbonyl (C=O) groups excluding carboxylic acids is 2. The molecule has 0 aromatic carbocycles. The number of halogens is 3. The number of aromatic nitrogens is 2. The average Bonchev–Trinajstić information content (AvgIpc) is 2.73. The maximum atomic E-state index is 13.3. The van der Waals surface area contributed by atoms with Gasteiger partial charge in [-0.3, -0.25) is 4.79 Å². The molecule has 35 heavy (non-hydrogen) atoms. The van der Waals surface area contributed by atoms with Crippen LogP contribution in [0.3, 0.4) is 0 Å². The number of alkyl halides is 3. The molecule has 13 heteroatoms. The number of anilines is 1. The van der Waals surface area contributed by atoms with Crippen LogP contribution in [0.15, 0.2) is 12.3 Å². The van der Waals surface area contributed by atoms with Gasteiger partial charge in [0.1, 0.15) is 5.60 Å². The molecule has 2 saturated heterocycles. The van der Waals surface area contributed by atoms with Gasteiger partial charge in [-0.2, -0.15) is 13.2 Å². The van der Waals surface area contributed by atoms with Gasteiger partial charge in [0.2, 0.25) is 11.9 Å². The quantitative estimate of drug-likeness (QED) is 0.580. The summed E-state index contributed by atoms with van der Waals surface area (Å²) >= 11 is 0. The molecule has 2 N–H and O–H groups in total. The predicted octanol–water partition coefficient (Wildman–Crippen LogP) is 2.36. The van der Waals surface area contributed by atoms with Crippen molar-refractivity contribution in [3.8, 4) is 0 Å². The lowest BCUT2D eigenvalue weighted by atomic mass is 10.1. The number of carbonyl (C=O) groups is 2. The van der Waals surface area contributed by atoms with Crippen LogP contribution in [0.5, 0.6) is 0 Å². The fourth-order valence-corrected chi connectivity index (χ4v) is 3.40. The molecule has 10 nitrogen and oxygen atoms in total. The molecular weight excluding hydrogens is 467 g/mol. The molecule has 192 valence electrons. The predicted molar refractivity (Wildman–Crippen MR) is 123 cm³/mol. The average molecular weight is 498 g/mol. The number of hydrogen-bond donors (Lipinski definition) is 2. The van der Waals surface area contributed by atoms with E-state index >= 15 is 0 Å². The molecule has 2 aliphatic rings. The van der Waals surface area contributed by atoms with Crippen molar-refractivity contribution in [1.82, 2.24) is 25.1 Å². The summed E-state index contributed by atoms with van der Waals surface area (Å²) in [5.41, 5.74) is -1.67. The first-order valence-electron chi connectivity index (χ1n) is 11.3. The van der Waals surface area contributed by atoms with Crippen molar-refractivity contribution >= 4 is 29.7 Å². The van der Waals surface area contributed by atoms with Crippen LogP contribution >= 0.6 is 0 Å². The minimum Gasteiger partial charge on any atom is -0.444 e. The zero-order chi connectivity index (χ0) is 25.8. The van der Waals surface area contributed by atoms with Crippen LogP contribution in [0.4, 0.5) is 23.9 Å². The van der Waals surface area contributed by atoms with Crippen LogP contribution in [0.25, 0.3) is 5.57 Å². The lowest BCUT2D eigenvalue weighted by Crippen LogP contribution is -2.52. The highest BCUT2D eigenvalue weighted by Crippen LogP contribution is 2.31. The first-order chi connectivity index (χ1) is 16.4. The topological polar surface area (TPSA) is 115 Å². The normalized spacial score (nSPS) is 17.1. The lowest BCUT2D eigenvalue weighted by Gasteiger charge is -2.35. The Morgan fingerprint density at radius 2 is 1.71 bits per heavy atom. The third-order valence-electron chi connectivity index (χ3n) is 5.39. The Hall–Kier alpha value is -3.38. The van der Waals surface area contributed by atoms with Crippen molar-refractivity contribution in [3.05, 3.63) is 23.7 Å². The Kier molecular flexibility index (Phi) is 7.86. The van der Waals surface area contributed by atoms with Gasteiger partial charge in [-0.15, -0.1) is 0 Å². The second-order valence-electron chi connectivity index (χ2n) is 9.25. The summed E-state index contributed by atoms with van der Waals surface area (Å²) in [5, 5.41) is 10.4. The number of ether oxygens (including phenoxy) is 1. The van der Waals surface area contributed by atoms with E-state index in [1.54, 1.807) is 35.5 Å². The van der Waals surface area contributed by atoms with Gasteiger partial charge in [0.05, 0.1) is 12.2 Å². The molecule has 2 aliphatic heterocycles. The van der Waals surface area contributed by atoms with Crippen LogP contribution in [0, 0.1) is 5.41 Å². The molecule has 0 saturated carbocycles. The smallest absolute Gasteiger partial charge is 0.433 e. The van der Waals surface area contributed by atoms with E-state index in [2.05, 4.69) is 15.3 Å². The zero-order valence-electron chi connectivity index (χ0n) is 20.0. The minimum absolute atomic E-state index is 0.0345. The number of amides is 2. The summed E-state index contributed by atoms with van der Waals surface area (Å²) < 4.78 is 45.4. The molecule has 0 aliphatic carbocycles. The van der Waals surface area contributed by atoms with Crippen LogP contribution in [0.1, 0.15) is 38.6 Å². The van der Waals surface area contributed by atoms with Gasteiger partial charge in [-0.05, 0) is 33.3 Å². The van der Waals surface area contributed by atoms with Gasteiger partial charge in [0, 0.05) is 57.3 Å². The molecular formula is C22H30F3N7O3. The Morgan fingerprint density at radius 3 is 2.23 bits per heavy atom. The largest absolute Gasteiger partial charge is 0.444 e. The van der Waals surface area contributed by atoms with Gasteiger partial charge >= 0.3 is 12.3 Å². The van der Waals surface area contributed by atoms with Crippen molar-refractivity contribution in [2.45, 2.75) is 39.0 Å². The highest BCUT2D eigenvalue weighted by atomic mass is 19.4. The van der Waals surface area contributed by atoms with E-state index in [1.807, 2.05) is 0 Å². The highest BCUT2D eigenvalue weighted by Gasteiger charge is 2.35. The summed E-state index contributed by atoms with van der Waals surface area (Å²) in [6.45, 7) is 7.70. The van der Waals surface area contributed by atoms with Crippen LogP contribution in [0.2, 0.25) is 0 Å². The molecule has 1 aromatic heterocycles. The van der Waals surface area contributed by atoms with Crippen LogP contribution in [-0.4, -0.2) is 89.4 Å². The molecule has 0 radical (unpaired) electrons. The number of piperazine rings is 1. The maximum Gasteiger partial charge on any atom is 0.433 e. The fraction of sp³-hybridized carbons (Fsp3) is 0.591. The summed E-state index contributed by atoms with van der Waals surface area (Å²) in [6, 6.07) is 0.791. The number of allylic oxidation sites excluding steroid dienone is 1. The van der Waals surface area contributed by atoms with Crippen LogP contribution < -0.4 is 10.2 Å². The number of hydrogen-bond acceptors (Lipinski definition) is 8. The summed E-state index contributed by atoms with van der Waals surface area (Å²) in [5.74, 6) is -0.276. The van der Waals surface area contributed by atoms with Gasteiger partial charge in [0.25, 0.3) is 0 Å². The summed E-state index contributed by atoms with van der Waals surface area (Å²) in [4.78, 5) is 37.3. The first kappa shape index (κ1) is 26.2. The minimum atomic E-state index is -4.66. The molecule has 2 amide bonds. The van der Waals surface area contributed by atoms with Gasteiger partial charge < -0.3 is 30.2 Å². The third kappa shape index (κ3) is 7.06. The molecule has 0 spiro atoms. The number of rotatable bonds is 6. The van der Waals surface area contributed by atoms with Crippen molar-refractivity contribution in [2.75, 3.05) is 50.7 Å². The Balaban J connectivity index is 1.60. The first-order valence-corrected chi connectivity index (χ1v) is 11.3. The molecule has 2 fully saturated rings. The molecule has 0 bridgehead atoms. The van der Waals surface area contributed by atoms with E-state index in [-0.39, 0.29) is 29.7 Å². The van der Waals surface area contributed by atoms with E-state index in [0.29, 0.717) is 39.3 Å². The maximum absolute atomic E-state index is 13.3. The molecule has 0 atom stereocenters. The van der Waals surface area contributed by atoms with Gasteiger partial charge in [0.15, 0.2) is 5.69 Å². The Labute approximate surface area is 201 Å². The number of nitrogens with one attached hydrogen (secondary N) is 2. The zero-order valence-corrected chi connectivity index (χ0v) is 20.0. The summed E-state index contributed by atoms with van der Waals surface area (Å²) in [7, 11) is 0. The second-order valence-corrected chi connectivity index (χ2v) is 9.25. The van der Waals surface area contributed by atoms with Crippen molar-refractivity contribution < 1.29 is 27.5 Å². The van der Waals surface area contributed by atoms with Crippen LogP contribution in [-0.2, 0) is 15.7 Å². The standard InChI is InChI=1S/C22H30F3N7O3/c1-21(2,3)35-20(34)32-9-7-30(8-10-32)18(33)14-27-13-15(12-26)16-11-17(22(23,24)25)29-19(28-16)31-5-4-6-31/h11-13,26-27H,4-10,14H2,1-3H3/b15-13+,26-12?. The van der Waals surface area contributed by atoms with E-state index in [1.165, 1.54) is 6.20 Å². The number of nitrogens with zero attached hydrogens (tertiary/aromatic N) is 5. The third-order valence-corrected chi connectivity index (χ3v) is 5.39.